The largest absolute Gasteiger partial charge is 0.308 e. The zero-order valence-corrected chi connectivity index (χ0v) is 15.5. The van der Waals surface area contributed by atoms with Crippen LogP contribution in [0.25, 0.3) is 0 Å². The summed E-state index contributed by atoms with van der Waals surface area (Å²) in [6.07, 6.45) is 2.95. The molecule has 0 aliphatic rings. The predicted molar refractivity (Wildman–Crippen MR) is 93.1 cm³/mol. The maximum absolute atomic E-state index is 4.53. The molecule has 0 aliphatic heterocycles. The fraction of sp³-hybridized carbons (Fsp3) is 0.533. The van der Waals surface area contributed by atoms with Crippen molar-refractivity contribution in [3.05, 3.63) is 38.3 Å². The molecule has 0 fully saturated rings. The van der Waals surface area contributed by atoms with E-state index in [-0.39, 0.29) is 6.04 Å². The molecule has 4 nitrogen and oxygen atoms in total. The van der Waals surface area contributed by atoms with E-state index in [1.54, 1.807) is 0 Å². The molecule has 21 heavy (non-hydrogen) atoms. The number of hydrogen-bond donors (Lipinski definition) is 1. The van der Waals surface area contributed by atoms with Gasteiger partial charge in [-0.15, -0.1) is 11.3 Å². The van der Waals surface area contributed by atoms with Gasteiger partial charge in [0.2, 0.25) is 0 Å². The van der Waals surface area contributed by atoms with Crippen LogP contribution in [0.3, 0.4) is 0 Å². The molecule has 116 valence electrons. The lowest BCUT2D eigenvalue weighted by atomic mass is 10.1. The Morgan fingerprint density at radius 1 is 1.48 bits per heavy atom. The number of halogens is 1. The number of aromatic nitrogens is 2. The van der Waals surface area contributed by atoms with E-state index in [9.17, 15) is 0 Å². The normalized spacial score (nSPS) is 13.0. The minimum Gasteiger partial charge on any atom is -0.308 e. The van der Waals surface area contributed by atoms with Crippen LogP contribution >= 0.6 is 27.3 Å². The van der Waals surface area contributed by atoms with Crippen LogP contribution in [0, 0.1) is 0 Å². The smallest absolute Gasteiger partial charge is 0.0853 e. The Morgan fingerprint density at radius 3 is 2.86 bits per heavy atom. The van der Waals surface area contributed by atoms with Crippen molar-refractivity contribution in [2.24, 2.45) is 0 Å². The van der Waals surface area contributed by atoms with E-state index in [1.807, 2.05) is 24.6 Å². The minimum atomic E-state index is 0.180. The molecule has 2 aromatic heterocycles. The first-order chi connectivity index (χ1) is 10.1. The van der Waals surface area contributed by atoms with Crippen LogP contribution in [0.1, 0.15) is 29.1 Å². The SMILES string of the molecule is CCc1ccsc1C(NC)c1c(Br)cnn1CCN(C)C. The molecule has 0 spiro atoms. The predicted octanol–water partition coefficient (Wildman–Crippen LogP) is 3.14. The van der Waals surface area contributed by atoms with E-state index >= 15 is 0 Å². The number of aryl methyl sites for hydroxylation is 1. The summed E-state index contributed by atoms with van der Waals surface area (Å²) >= 11 is 5.48. The van der Waals surface area contributed by atoms with Gasteiger partial charge in [-0.05, 0) is 60.5 Å². The first-order valence-electron chi connectivity index (χ1n) is 7.17. The van der Waals surface area contributed by atoms with Gasteiger partial charge >= 0.3 is 0 Å². The summed E-state index contributed by atoms with van der Waals surface area (Å²) in [5.74, 6) is 0. The molecule has 0 aliphatic carbocycles. The lowest BCUT2D eigenvalue weighted by molar-refractivity contribution is 0.366. The molecule has 1 atom stereocenters. The maximum Gasteiger partial charge on any atom is 0.0853 e. The molecule has 2 heterocycles. The molecule has 0 radical (unpaired) electrons. The van der Waals surface area contributed by atoms with Crippen molar-refractivity contribution in [1.82, 2.24) is 20.0 Å². The summed E-state index contributed by atoms with van der Waals surface area (Å²) in [4.78, 5) is 3.56. The van der Waals surface area contributed by atoms with Gasteiger partial charge in [0.05, 0.1) is 29.0 Å². The topological polar surface area (TPSA) is 33.1 Å². The van der Waals surface area contributed by atoms with Gasteiger partial charge in [-0.1, -0.05) is 6.92 Å². The molecular weight excluding hydrogens is 348 g/mol. The van der Waals surface area contributed by atoms with Crippen LogP contribution in [-0.4, -0.2) is 42.4 Å². The van der Waals surface area contributed by atoms with Gasteiger partial charge in [0.15, 0.2) is 0 Å². The summed E-state index contributed by atoms with van der Waals surface area (Å²) in [5, 5.41) is 10.2. The molecule has 0 saturated carbocycles. The minimum absolute atomic E-state index is 0.180. The molecule has 1 N–H and O–H groups in total. The standard InChI is InChI=1S/C15H23BrN4S/c1-5-11-6-9-21-15(11)13(17-2)14-12(16)10-18-20(14)8-7-19(3)4/h6,9-10,13,17H,5,7-8H2,1-4H3. The van der Waals surface area contributed by atoms with E-state index in [1.165, 1.54) is 16.1 Å². The number of likely N-dealkylation sites (N-methyl/N-ethyl adjacent to an activating group) is 1. The number of rotatable bonds is 7. The number of hydrogen-bond acceptors (Lipinski definition) is 4. The Balaban J connectivity index is 2.36. The van der Waals surface area contributed by atoms with E-state index in [0.29, 0.717) is 0 Å². The van der Waals surface area contributed by atoms with Gasteiger partial charge in [0, 0.05) is 11.4 Å². The Morgan fingerprint density at radius 2 is 2.24 bits per heavy atom. The third kappa shape index (κ3) is 3.74. The summed E-state index contributed by atoms with van der Waals surface area (Å²) in [6, 6.07) is 2.40. The quantitative estimate of drug-likeness (QED) is 0.812. The molecule has 0 bridgehead atoms. The molecular formula is C15H23BrN4S. The van der Waals surface area contributed by atoms with E-state index in [0.717, 1.165) is 24.0 Å². The first kappa shape index (κ1) is 16.7. The first-order valence-corrected chi connectivity index (χ1v) is 8.85. The van der Waals surface area contributed by atoms with Crippen LogP contribution in [0.15, 0.2) is 22.1 Å². The fourth-order valence-electron chi connectivity index (χ4n) is 2.42. The highest BCUT2D eigenvalue weighted by Gasteiger charge is 2.23. The van der Waals surface area contributed by atoms with Gasteiger partial charge in [-0.3, -0.25) is 4.68 Å². The Hall–Kier alpha value is -0.690. The van der Waals surface area contributed by atoms with Crippen molar-refractivity contribution in [3.63, 3.8) is 0 Å². The Labute approximate surface area is 139 Å². The molecule has 0 saturated heterocycles. The second-order valence-corrected chi connectivity index (χ2v) is 7.09. The van der Waals surface area contributed by atoms with Crippen LogP contribution in [-0.2, 0) is 13.0 Å². The third-order valence-electron chi connectivity index (χ3n) is 3.58. The van der Waals surface area contributed by atoms with E-state index in [4.69, 9.17) is 0 Å². The van der Waals surface area contributed by atoms with Crippen molar-refractivity contribution < 1.29 is 0 Å². The molecule has 2 rings (SSSR count). The second kappa shape index (κ2) is 7.54. The van der Waals surface area contributed by atoms with Gasteiger partial charge in [-0.25, -0.2) is 0 Å². The van der Waals surface area contributed by atoms with Crippen LogP contribution < -0.4 is 5.32 Å². The van der Waals surface area contributed by atoms with Crippen molar-refractivity contribution in [2.45, 2.75) is 25.9 Å². The number of thiophene rings is 1. The average Bonchev–Trinajstić information content (AvgIpc) is 3.06. The molecule has 1 unspecified atom stereocenters. The van der Waals surface area contributed by atoms with Crippen molar-refractivity contribution >= 4 is 27.3 Å². The maximum atomic E-state index is 4.53. The average molecular weight is 371 g/mol. The van der Waals surface area contributed by atoms with Crippen LogP contribution in [0.5, 0.6) is 0 Å². The Kier molecular flexibility index (Phi) is 5.98. The van der Waals surface area contributed by atoms with Crippen molar-refractivity contribution in [3.8, 4) is 0 Å². The number of nitrogens with zero attached hydrogens (tertiary/aromatic N) is 3. The van der Waals surface area contributed by atoms with E-state index < -0.39 is 0 Å². The van der Waals surface area contributed by atoms with Gasteiger partial charge < -0.3 is 10.2 Å². The summed E-state index contributed by atoms with van der Waals surface area (Å²) in [6.45, 7) is 4.07. The second-order valence-electron chi connectivity index (χ2n) is 5.29. The molecule has 2 aromatic rings. The zero-order valence-electron chi connectivity index (χ0n) is 13.1. The van der Waals surface area contributed by atoms with Gasteiger partial charge in [0.1, 0.15) is 0 Å². The Bertz CT molecular complexity index is 576. The molecule has 0 aromatic carbocycles. The highest BCUT2D eigenvalue weighted by Crippen LogP contribution is 2.33. The highest BCUT2D eigenvalue weighted by molar-refractivity contribution is 9.10. The lowest BCUT2D eigenvalue weighted by Gasteiger charge is -2.20. The monoisotopic (exact) mass is 370 g/mol. The number of nitrogens with one attached hydrogen (secondary N) is 1. The lowest BCUT2D eigenvalue weighted by Crippen LogP contribution is -2.25. The fourth-order valence-corrected chi connectivity index (χ4v) is 4.05. The molecule has 0 amide bonds. The van der Waals surface area contributed by atoms with Crippen LogP contribution in [0.2, 0.25) is 0 Å². The highest BCUT2D eigenvalue weighted by atomic mass is 79.9. The van der Waals surface area contributed by atoms with Gasteiger partial charge in [-0.2, -0.15) is 5.10 Å². The van der Waals surface area contributed by atoms with Crippen LogP contribution in [0.4, 0.5) is 0 Å². The van der Waals surface area contributed by atoms with E-state index in [2.05, 4.69) is 68.4 Å². The summed E-state index contributed by atoms with van der Waals surface area (Å²) in [7, 11) is 6.18. The summed E-state index contributed by atoms with van der Waals surface area (Å²) < 4.78 is 3.17. The third-order valence-corrected chi connectivity index (χ3v) is 5.21. The van der Waals surface area contributed by atoms with Crippen molar-refractivity contribution in [1.29, 1.82) is 0 Å². The van der Waals surface area contributed by atoms with Crippen molar-refractivity contribution in [2.75, 3.05) is 27.7 Å². The molecule has 6 heteroatoms. The summed E-state index contributed by atoms with van der Waals surface area (Å²) in [5.41, 5.74) is 2.61. The van der Waals surface area contributed by atoms with Gasteiger partial charge in [0.25, 0.3) is 0 Å². The zero-order chi connectivity index (χ0) is 15.4.